The van der Waals surface area contributed by atoms with Crippen molar-refractivity contribution in [2.24, 2.45) is 0 Å². The molecule has 0 bridgehead atoms. The first-order valence-corrected chi connectivity index (χ1v) is 11.8. The molecule has 1 unspecified atom stereocenters. The Balaban J connectivity index is 1.70. The second-order valence-electron chi connectivity index (χ2n) is 7.78. The number of aromatic nitrogens is 1. The van der Waals surface area contributed by atoms with E-state index in [2.05, 4.69) is 4.98 Å². The number of aliphatic hydroxyl groups excluding tert-OH is 1. The third-order valence-corrected chi connectivity index (χ3v) is 7.04. The number of Topliss-reactive ketones (excluding diaryl/α,β-unsaturated/α-hetero) is 1. The summed E-state index contributed by atoms with van der Waals surface area (Å²) >= 11 is 7.38. The van der Waals surface area contributed by atoms with Gasteiger partial charge >= 0.3 is 5.91 Å². The number of carbonyl (C=O) groups excluding carboxylic acids is 2. The molecule has 1 N–H and O–H groups in total. The Bertz CT molecular complexity index is 1480. The van der Waals surface area contributed by atoms with Gasteiger partial charge in [-0.05, 0) is 60.2 Å². The number of carbonyl (C=O) groups is 2. The summed E-state index contributed by atoms with van der Waals surface area (Å²) in [6, 6.07) is 17.9. The number of methoxy groups -OCH3 is 2. The van der Waals surface area contributed by atoms with Crippen LogP contribution in [0.4, 0.5) is 5.13 Å². The van der Waals surface area contributed by atoms with E-state index in [4.69, 9.17) is 21.1 Å². The summed E-state index contributed by atoms with van der Waals surface area (Å²) in [5.74, 6) is -0.627. The molecule has 0 saturated carbocycles. The quantitative estimate of drug-likeness (QED) is 0.215. The third kappa shape index (κ3) is 4.00. The van der Waals surface area contributed by atoms with Crippen molar-refractivity contribution in [2.75, 3.05) is 19.1 Å². The van der Waals surface area contributed by atoms with Crippen molar-refractivity contribution >= 4 is 55.7 Å². The first-order valence-electron chi connectivity index (χ1n) is 10.6. The van der Waals surface area contributed by atoms with Crippen LogP contribution in [0.2, 0.25) is 5.02 Å². The average molecular weight is 507 g/mol. The lowest BCUT2D eigenvalue weighted by Crippen LogP contribution is -2.29. The maximum absolute atomic E-state index is 13.3. The molecule has 1 aliphatic heterocycles. The molecule has 5 rings (SSSR count). The van der Waals surface area contributed by atoms with Crippen molar-refractivity contribution in [1.29, 1.82) is 0 Å². The van der Waals surface area contributed by atoms with E-state index in [0.29, 0.717) is 38.3 Å². The summed E-state index contributed by atoms with van der Waals surface area (Å²) < 4.78 is 11.2. The van der Waals surface area contributed by atoms with E-state index in [1.54, 1.807) is 73.8 Å². The molecule has 2 heterocycles. The highest BCUT2D eigenvalue weighted by molar-refractivity contribution is 7.22. The van der Waals surface area contributed by atoms with Crippen LogP contribution in [0.15, 0.2) is 72.3 Å². The number of thiazole rings is 1. The highest BCUT2D eigenvalue weighted by Crippen LogP contribution is 2.44. The van der Waals surface area contributed by atoms with Gasteiger partial charge in [-0.1, -0.05) is 35.1 Å². The first kappa shape index (κ1) is 22.9. The molecular weight excluding hydrogens is 488 g/mol. The predicted octanol–water partition coefficient (Wildman–Crippen LogP) is 5.59. The van der Waals surface area contributed by atoms with Crippen molar-refractivity contribution in [3.63, 3.8) is 0 Å². The fourth-order valence-electron chi connectivity index (χ4n) is 4.03. The van der Waals surface area contributed by atoms with Crippen LogP contribution in [-0.2, 0) is 9.59 Å². The molecule has 7 nitrogen and oxygen atoms in total. The molecule has 1 aromatic heterocycles. The number of ketones is 1. The number of rotatable bonds is 5. The van der Waals surface area contributed by atoms with Crippen LogP contribution >= 0.6 is 22.9 Å². The van der Waals surface area contributed by atoms with Crippen molar-refractivity contribution in [1.82, 2.24) is 4.98 Å². The Morgan fingerprint density at radius 2 is 1.60 bits per heavy atom. The fourth-order valence-corrected chi connectivity index (χ4v) is 5.29. The molecule has 0 radical (unpaired) electrons. The highest BCUT2D eigenvalue weighted by atomic mass is 35.5. The van der Waals surface area contributed by atoms with Crippen LogP contribution in [-0.4, -0.2) is 36.0 Å². The average Bonchev–Trinajstić information content (AvgIpc) is 3.41. The number of fused-ring (bicyclic) bond motifs is 1. The van der Waals surface area contributed by atoms with E-state index in [1.165, 1.54) is 23.3 Å². The minimum Gasteiger partial charge on any atom is -0.507 e. The van der Waals surface area contributed by atoms with Gasteiger partial charge in [-0.2, -0.15) is 0 Å². The van der Waals surface area contributed by atoms with Gasteiger partial charge in [0.25, 0.3) is 5.78 Å². The maximum atomic E-state index is 13.3. The van der Waals surface area contributed by atoms with Gasteiger partial charge in [-0.15, -0.1) is 0 Å². The Morgan fingerprint density at radius 1 is 0.971 bits per heavy atom. The van der Waals surface area contributed by atoms with Gasteiger partial charge in [0.1, 0.15) is 17.3 Å². The van der Waals surface area contributed by atoms with Crippen molar-refractivity contribution in [3.05, 3.63) is 88.5 Å². The van der Waals surface area contributed by atoms with E-state index in [9.17, 15) is 14.7 Å². The monoisotopic (exact) mass is 506 g/mol. The van der Waals surface area contributed by atoms with Crippen molar-refractivity contribution in [2.45, 2.75) is 6.04 Å². The zero-order valence-corrected chi connectivity index (χ0v) is 20.3. The number of halogens is 1. The smallest absolute Gasteiger partial charge is 0.301 e. The van der Waals surface area contributed by atoms with Crippen LogP contribution < -0.4 is 14.4 Å². The second kappa shape index (κ2) is 9.05. The molecule has 1 fully saturated rings. The van der Waals surface area contributed by atoms with Crippen LogP contribution in [0.3, 0.4) is 0 Å². The topological polar surface area (TPSA) is 89.0 Å². The number of benzene rings is 3. The zero-order chi connectivity index (χ0) is 24.7. The minimum absolute atomic E-state index is 0.0253. The summed E-state index contributed by atoms with van der Waals surface area (Å²) in [7, 11) is 3.09. The van der Waals surface area contributed by atoms with Crippen LogP contribution in [0.25, 0.3) is 16.0 Å². The SMILES string of the molecule is COc1ccc(C(O)=C2C(=O)C(=O)N(c3nc4ccc(Cl)cc4s3)C2c2ccc(OC)cc2)cc1. The van der Waals surface area contributed by atoms with E-state index in [-0.39, 0.29) is 11.3 Å². The van der Waals surface area contributed by atoms with E-state index in [0.717, 1.165) is 4.70 Å². The number of ether oxygens (including phenoxy) is 2. The highest BCUT2D eigenvalue weighted by Gasteiger charge is 2.48. The van der Waals surface area contributed by atoms with Crippen LogP contribution in [0.1, 0.15) is 17.2 Å². The molecule has 176 valence electrons. The van der Waals surface area contributed by atoms with Gasteiger partial charge in [0, 0.05) is 10.6 Å². The molecule has 0 spiro atoms. The van der Waals surface area contributed by atoms with E-state index in [1.807, 2.05) is 0 Å². The minimum atomic E-state index is -0.890. The summed E-state index contributed by atoms with van der Waals surface area (Å²) in [5, 5.41) is 12.1. The summed E-state index contributed by atoms with van der Waals surface area (Å²) in [6.07, 6.45) is 0. The Hall–Kier alpha value is -3.88. The summed E-state index contributed by atoms with van der Waals surface area (Å²) in [4.78, 5) is 32.5. The third-order valence-electron chi connectivity index (χ3n) is 5.78. The van der Waals surface area contributed by atoms with Gasteiger partial charge in [-0.3, -0.25) is 14.5 Å². The van der Waals surface area contributed by atoms with E-state index < -0.39 is 17.7 Å². The molecule has 4 aromatic rings. The first-order chi connectivity index (χ1) is 16.9. The molecular formula is C26H19ClN2O5S. The molecule has 1 saturated heterocycles. The van der Waals surface area contributed by atoms with Gasteiger partial charge in [0.15, 0.2) is 5.13 Å². The van der Waals surface area contributed by atoms with Gasteiger partial charge < -0.3 is 14.6 Å². The molecule has 1 amide bonds. The number of amides is 1. The summed E-state index contributed by atoms with van der Waals surface area (Å²) in [5.41, 5.74) is 1.64. The number of hydrogen-bond donors (Lipinski definition) is 1. The van der Waals surface area contributed by atoms with Gasteiger partial charge in [0.05, 0.1) is 36.1 Å². The standard InChI is InChI=1S/C26H19ClN2O5S/c1-33-17-8-3-14(4-9-17)22-21(23(30)15-5-10-18(34-2)11-6-15)24(31)25(32)29(22)26-28-19-12-7-16(27)13-20(19)35-26/h3-13,22,30H,1-2H3. The molecule has 35 heavy (non-hydrogen) atoms. The van der Waals surface area contributed by atoms with Crippen molar-refractivity contribution < 1.29 is 24.2 Å². The molecule has 3 aromatic carbocycles. The molecule has 1 aliphatic rings. The lowest BCUT2D eigenvalue weighted by molar-refractivity contribution is -0.132. The Kier molecular flexibility index (Phi) is 5.92. The van der Waals surface area contributed by atoms with Gasteiger partial charge in [0.2, 0.25) is 0 Å². The zero-order valence-electron chi connectivity index (χ0n) is 18.7. The molecule has 9 heteroatoms. The van der Waals surface area contributed by atoms with E-state index >= 15 is 0 Å². The number of anilines is 1. The largest absolute Gasteiger partial charge is 0.507 e. The maximum Gasteiger partial charge on any atom is 0.301 e. The lowest BCUT2D eigenvalue weighted by Gasteiger charge is -2.23. The molecule has 1 atom stereocenters. The molecule has 0 aliphatic carbocycles. The van der Waals surface area contributed by atoms with Crippen LogP contribution in [0.5, 0.6) is 11.5 Å². The number of aliphatic hydroxyl groups is 1. The Labute approximate surface area is 209 Å². The van der Waals surface area contributed by atoms with Gasteiger partial charge in [-0.25, -0.2) is 4.98 Å². The fraction of sp³-hybridized carbons (Fsp3) is 0.115. The number of hydrogen-bond acceptors (Lipinski definition) is 7. The van der Waals surface area contributed by atoms with Crippen LogP contribution in [0, 0.1) is 0 Å². The predicted molar refractivity (Wildman–Crippen MR) is 135 cm³/mol. The van der Waals surface area contributed by atoms with Crippen molar-refractivity contribution in [3.8, 4) is 11.5 Å². The second-order valence-corrected chi connectivity index (χ2v) is 9.22. The Morgan fingerprint density at radius 3 is 2.23 bits per heavy atom. The lowest BCUT2D eigenvalue weighted by atomic mass is 9.95. The number of nitrogens with zero attached hydrogens (tertiary/aromatic N) is 2. The normalized spacial score (nSPS) is 17.2. The summed E-state index contributed by atoms with van der Waals surface area (Å²) in [6.45, 7) is 0.